The molecule has 1 amide bonds. The lowest BCUT2D eigenvalue weighted by molar-refractivity contribution is -0.115. The minimum absolute atomic E-state index is 0.172. The van der Waals surface area contributed by atoms with Crippen molar-refractivity contribution in [3.05, 3.63) is 48.0 Å². The van der Waals surface area contributed by atoms with Crippen molar-refractivity contribution in [2.75, 3.05) is 19.5 Å². The van der Waals surface area contributed by atoms with E-state index in [4.69, 9.17) is 14.2 Å². The predicted molar refractivity (Wildman–Crippen MR) is 89.9 cm³/mol. The maximum Gasteiger partial charge on any atom is 0.343 e. The second-order valence-corrected chi connectivity index (χ2v) is 4.88. The summed E-state index contributed by atoms with van der Waals surface area (Å²) in [6.45, 7) is 1.74. The topological polar surface area (TPSA) is 73.9 Å². The second-order valence-electron chi connectivity index (χ2n) is 4.88. The minimum atomic E-state index is -0.533. The van der Waals surface area contributed by atoms with E-state index in [-0.39, 0.29) is 5.91 Å². The fraction of sp³-hybridized carbons (Fsp3) is 0.222. The average Bonchev–Trinajstić information content (AvgIpc) is 2.62. The van der Waals surface area contributed by atoms with Crippen LogP contribution in [0.4, 0.5) is 5.69 Å². The van der Waals surface area contributed by atoms with Gasteiger partial charge in [-0.3, -0.25) is 4.79 Å². The Morgan fingerprint density at radius 3 is 2.21 bits per heavy atom. The molecule has 2 aromatic carbocycles. The van der Waals surface area contributed by atoms with Gasteiger partial charge in [0.05, 0.1) is 25.5 Å². The van der Waals surface area contributed by atoms with Gasteiger partial charge in [-0.1, -0.05) is 6.92 Å². The van der Waals surface area contributed by atoms with Crippen molar-refractivity contribution in [3.63, 3.8) is 0 Å². The van der Waals surface area contributed by atoms with E-state index in [1.807, 2.05) is 0 Å². The summed E-state index contributed by atoms with van der Waals surface area (Å²) in [4.78, 5) is 23.9. The lowest BCUT2D eigenvalue weighted by Gasteiger charge is -2.11. The maximum atomic E-state index is 12.3. The SMILES string of the molecule is CCC(=O)Nc1cc(C(=O)Oc2ccc(OC)cc2)ccc1OC. The van der Waals surface area contributed by atoms with Gasteiger partial charge in [-0.05, 0) is 42.5 Å². The zero-order chi connectivity index (χ0) is 17.5. The van der Waals surface area contributed by atoms with Crippen LogP contribution in [0.25, 0.3) is 0 Å². The molecule has 0 saturated heterocycles. The van der Waals surface area contributed by atoms with E-state index in [1.54, 1.807) is 50.4 Å². The molecule has 0 aromatic heterocycles. The molecule has 6 heteroatoms. The molecule has 0 spiro atoms. The number of benzene rings is 2. The van der Waals surface area contributed by atoms with Crippen molar-refractivity contribution in [1.29, 1.82) is 0 Å². The van der Waals surface area contributed by atoms with Gasteiger partial charge in [-0.25, -0.2) is 4.79 Å². The molecule has 0 atom stereocenters. The molecule has 0 aliphatic carbocycles. The highest BCUT2D eigenvalue weighted by molar-refractivity contribution is 5.96. The first-order valence-electron chi connectivity index (χ1n) is 7.41. The van der Waals surface area contributed by atoms with Crippen LogP contribution in [0.15, 0.2) is 42.5 Å². The molecule has 6 nitrogen and oxygen atoms in total. The molecular formula is C18H19NO5. The number of nitrogens with one attached hydrogen (secondary N) is 1. The van der Waals surface area contributed by atoms with E-state index in [2.05, 4.69) is 5.32 Å². The summed E-state index contributed by atoms with van der Waals surface area (Å²) in [5, 5.41) is 2.70. The van der Waals surface area contributed by atoms with Crippen molar-refractivity contribution in [1.82, 2.24) is 0 Å². The summed E-state index contributed by atoms with van der Waals surface area (Å²) >= 11 is 0. The lowest BCUT2D eigenvalue weighted by Crippen LogP contribution is -2.13. The van der Waals surface area contributed by atoms with Crippen LogP contribution in [0, 0.1) is 0 Å². The van der Waals surface area contributed by atoms with Gasteiger partial charge >= 0.3 is 5.97 Å². The van der Waals surface area contributed by atoms with E-state index >= 15 is 0 Å². The summed E-state index contributed by atoms with van der Waals surface area (Å²) in [7, 11) is 3.05. The number of rotatable bonds is 6. The molecule has 0 fully saturated rings. The third-order valence-electron chi connectivity index (χ3n) is 3.30. The first-order valence-corrected chi connectivity index (χ1v) is 7.41. The number of methoxy groups -OCH3 is 2. The number of hydrogen-bond donors (Lipinski definition) is 1. The molecule has 1 N–H and O–H groups in total. The Labute approximate surface area is 140 Å². The Bertz CT molecular complexity index is 725. The Kier molecular flexibility index (Phi) is 5.78. The number of anilines is 1. The van der Waals surface area contributed by atoms with Crippen molar-refractivity contribution < 1.29 is 23.8 Å². The lowest BCUT2D eigenvalue weighted by atomic mass is 10.2. The number of carbonyl (C=O) groups excluding carboxylic acids is 2. The third-order valence-corrected chi connectivity index (χ3v) is 3.30. The quantitative estimate of drug-likeness (QED) is 0.650. The van der Waals surface area contributed by atoms with Crippen LogP contribution in [0.5, 0.6) is 17.2 Å². The van der Waals surface area contributed by atoms with Crippen LogP contribution in [0.1, 0.15) is 23.7 Å². The normalized spacial score (nSPS) is 9.96. The van der Waals surface area contributed by atoms with Crippen molar-refractivity contribution >= 4 is 17.6 Å². The molecule has 2 rings (SSSR count). The van der Waals surface area contributed by atoms with E-state index in [1.165, 1.54) is 13.2 Å². The Morgan fingerprint density at radius 1 is 0.958 bits per heavy atom. The number of amides is 1. The Balaban J connectivity index is 2.18. The zero-order valence-corrected chi connectivity index (χ0v) is 13.8. The highest BCUT2D eigenvalue weighted by Crippen LogP contribution is 2.26. The fourth-order valence-electron chi connectivity index (χ4n) is 1.98. The number of hydrogen-bond acceptors (Lipinski definition) is 5. The molecule has 2 aromatic rings. The molecule has 0 radical (unpaired) electrons. The van der Waals surface area contributed by atoms with Crippen LogP contribution < -0.4 is 19.5 Å². The molecule has 0 unspecified atom stereocenters. The second kappa shape index (κ2) is 8.01. The molecular weight excluding hydrogens is 310 g/mol. The summed E-state index contributed by atoms with van der Waals surface area (Å²) in [6, 6.07) is 11.4. The van der Waals surface area contributed by atoms with Gasteiger partial charge < -0.3 is 19.5 Å². The van der Waals surface area contributed by atoms with Gasteiger partial charge in [0.1, 0.15) is 17.2 Å². The highest BCUT2D eigenvalue weighted by Gasteiger charge is 2.14. The van der Waals surface area contributed by atoms with Crippen LogP contribution in [-0.2, 0) is 4.79 Å². The van der Waals surface area contributed by atoms with E-state index < -0.39 is 5.97 Å². The summed E-state index contributed by atoms with van der Waals surface area (Å²) in [6.07, 6.45) is 0.323. The van der Waals surface area contributed by atoms with Gasteiger partial charge in [0.25, 0.3) is 0 Å². The molecule has 0 bridgehead atoms. The standard InChI is InChI=1S/C18H19NO5/c1-4-17(20)19-15-11-12(5-10-16(15)23-3)18(21)24-14-8-6-13(22-2)7-9-14/h5-11H,4H2,1-3H3,(H,19,20). The van der Waals surface area contributed by atoms with Crippen LogP contribution in [0.3, 0.4) is 0 Å². The molecule has 0 aliphatic heterocycles. The summed E-state index contributed by atoms with van der Waals surface area (Å²) in [5.41, 5.74) is 0.728. The first-order chi connectivity index (χ1) is 11.6. The largest absolute Gasteiger partial charge is 0.497 e. The number of esters is 1. The predicted octanol–water partition coefficient (Wildman–Crippen LogP) is 3.27. The first kappa shape index (κ1) is 17.3. The molecule has 0 heterocycles. The maximum absolute atomic E-state index is 12.3. The van der Waals surface area contributed by atoms with Crippen LogP contribution >= 0.6 is 0 Å². The van der Waals surface area contributed by atoms with Crippen molar-refractivity contribution in [2.24, 2.45) is 0 Å². The van der Waals surface area contributed by atoms with Crippen LogP contribution in [-0.4, -0.2) is 26.1 Å². The molecule has 24 heavy (non-hydrogen) atoms. The van der Waals surface area contributed by atoms with Gasteiger partial charge in [-0.15, -0.1) is 0 Å². The van der Waals surface area contributed by atoms with E-state index in [9.17, 15) is 9.59 Å². The Morgan fingerprint density at radius 2 is 1.62 bits per heavy atom. The fourth-order valence-corrected chi connectivity index (χ4v) is 1.98. The van der Waals surface area contributed by atoms with Gasteiger partial charge in [0.2, 0.25) is 5.91 Å². The monoisotopic (exact) mass is 329 g/mol. The van der Waals surface area contributed by atoms with Gasteiger partial charge in [-0.2, -0.15) is 0 Å². The number of carbonyl (C=O) groups is 2. The zero-order valence-electron chi connectivity index (χ0n) is 13.8. The average molecular weight is 329 g/mol. The molecule has 0 aliphatic rings. The smallest absolute Gasteiger partial charge is 0.343 e. The molecule has 126 valence electrons. The van der Waals surface area contributed by atoms with Crippen molar-refractivity contribution in [3.8, 4) is 17.2 Å². The summed E-state index contributed by atoms with van der Waals surface area (Å²) in [5.74, 6) is 0.834. The highest BCUT2D eigenvalue weighted by atomic mass is 16.5. The van der Waals surface area contributed by atoms with Crippen LogP contribution in [0.2, 0.25) is 0 Å². The van der Waals surface area contributed by atoms with Gasteiger partial charge in [0.15, 0.2) is 0 Å². The van der Waals surface area contributed by atoms with E-state index in [0.717, 1.165) is 0 Å². The van der Waals surface area contributed by atoms with E-state index in [0.29, 0.717) is 34.9 Å². The third kappa shape index (κ3) is 4.25. The molecule has 0 saturated carbocycles. The summed E-state index contributed by atoms with van der Waals surface area (Å²) < 4.78 is 15.6. The minimum Gasteiger partial charge on any atom is -0.497 e. The van der Waals surface area contributed by atoms with Crippen molar-refractivity contribution in [2.45, 2.75) is 13.3 Å². The Hall–Kier alpha value is -3.02. The van der Waals surface area contributed by atoms with Gasteiger partial charge in [0, 0.05) is 6.42 Å². The number of ether oxygens (including phenoxy) is 3.